The summed E-state index contributed by atoms with van der Waals surface area (Å²) >= 11 is 0. The second-order valence-corrected chi connectivity index (χ2v) is 6.74. The van der Waals surface area contributed by atoms with E-state index in [1.807, 2.05) is 36.1 Å². The summed E-state index contributed by atoms with van der Waals surface area (Å²) < 4.78 is 0. The highest BCUT2D eigenvalue weighted by Gasteiger charge is 2.52. The van der Waals surface area contributed by atoms with Gasteiger partial charge in [0.15, 0.2) is 0 Å². The molecule has 4 nitrogen and oxygen atoms in total. The van der Waals surface area contributed by atoms with Gasteiger partial charge in [0, 0.05) is 31.1 Å². The summed E-state index contributed by atoms with van der Waals surface area (Å²) in [5.41, 5.74) is 1.75. The largest absolute Gasteiger partial charge is 0.359 e. The van der Waals surface area contributed by atoms with Gasteiger partial charge < -0.3 is 10.2 Å². The highest BCUT2D eigenvalue weighted by Crippen LogP contribution is 2.49. The van der Waals surface area contributed by atoms with Crippen LogP contribution in [0.4, 0.5) is 0 Å². The Morgan fingerprint density at radius 3 is 2.55 bits per heavy atom. The fourth-order valence-electron chi connectivity index (χ4n) is 4.23. The molecule has 1 N–H and O–H groups in total. The number of likely N-dealkylation sites (tertiary alicyclic amines) is 1. The Morgan fingerprint density at radius 2 is 1.91 bits per heavy atom. The van der Waals surface area contributed by atoms with Gasteiger partial charge in [-0.2, -0.15) is 0 Å². The van der Waals surface area contributed by atoms with Crippen molar-refractivity contribution < 1.29 is 9.59 Å². The highest BCUT2D eigenvalue weighted by molar-refractivity contribution is 5.96. The van der Waals surface area contributed by atoms with Gasteiger partial charge in [0.2, 0.25) is 5.91 Å². The van der Waals surface area contributed by atoms with E-state index in [4.69, 9.17) is 0 Å². The lowest BCUT2D eigenvalue weighted by molar-refractivity contribution is -0.127. The fraction of sp³-hybridized carbons (Fsp3) is 0.556. The number of aryl methyl sites for hydroxylation is 1. The topological polar surface area (TPSA) is 49.4 Å². The first-order valence-electron chi connectivity index (χ1n) is 8.14. The molecular formula is C18H24N2O2. The number of benzene rings is 1. The van der Waals surface area contributed by atoms with Gasteiger partial charge >= 0.3 is 0 Å². The number of hydrogen-bond acceptors (Lipinski definition) is 2. The lowest BCUT2D eigenvalue weighted by Crippen LogP contribution is -2.38. The Bertz CT molecular complexity index is 591. The molecule has 4 heteroatoms. The van der Waals surface area contributed by atoms with Crippen LogP contribution in [0.1, 0.15) is 41.6 Å². The maximum atomic E-state index is 12.9. The lowest BCUT2D eigenvalue weighted by Gasteiger charge is -2.28. The molecule has 118 valence electrons. The molecule has 2 aliphatic rings. The van der Waals surface area contributed by atoms with Crippen LogP contribution >= 0.6 is 0 Å². The molecule has 1 spiro atoms. The minimum absolute atomic E-state index is 0.00155. The van der Waals surface area contributed by atoms with Crippen molar-refractivity contribution in [2.75, 3.05) is 20.1 Å². The predicted octanol–water partition coefficient (Wildman–Crippen LogP) is 2.37. The van der Waals surface area contributed by atoms with E-state index in [-0.39, 0.29) is 23.1 Å². The van der Waals surface area contributed by atoms with Gasteiger partial charge in [-0.1, -0.05) is 31.0 Å². The van der Waals surface area contributed by atoms with Crippen molar-refractivity contribution in [3.05, 3.63) is 35.4 Å². The SMILES string of the molecule is CNC(=O)C1CN(C(=O)c2ccccc2C)CC12CCCC2. The smallest absolute Gasteiger partial charge is 0.254 e. The Hall–Kier alpha value is -1.84. The van der Waals surface area contributed by atoms with Gasteiger partial charge in [-0.25, -0.2) is 0 Å². The fourth-order valence-corrected chi connectivity index (χ4v) is 4.23. The number of hydrogen-bond donors (Lipinski definition) is 1. The van der Waals surface area contributed by atoms with Crippen LogP contribution in [0.2, 0.25) is 0 Å². The molecule has 0 aromatic heterocycles. The zero-order valence-corrected chi connectivity index (χ0v) is 13.4. The van der Waals surface area contributed by atoms with Crippen LogP contribution in [-0.4, -0.2) is 36.9 Å². The lowest BCUT2D eigenvalue weighted by atomic mass is 9.76. The van der Waals surface area contributed by atoms with Crippen LogP contribution < -0.4 is 5.32 Å². The van der Waals surface area contributed by atoms with Gasteiger partial charge in [0.1, 0.15) is 0 Å². The van der Waals surface area contributed by atoms with Gasteiger partial charge in [-0.05, 0) is 31.4 Å². The third-order valence-electron chi connectivity index (χ3n) is 5.47. The number of nitrogens with zero attached hydrogens (tertiary/aromatic N) is 1. The van der Waals surface area contributed by atoms with E-state index in [9.17, 15) is 9.59 Å². The van der Waals surface area contributed by atoms with Crippen molar-refractivity contribution in [3.63, 3.8) is 0 Å². The molecule has 1 aliphatic carbocycles. The first kappa shape index (κ1) is 15.1. The van der Waals surface area contributed by atoms with Crippen molar-refractivity contribution in [2.24, 2.45) is 11.3 Å². The molecule has 1 atom stereocenters. The minimum Gasteiger partial charge on any atom is -0.359 e. The standard InChI is InChI=1S/C18H24N2O2/c1-13-7-3-4-8-14(13)17(22)20-11-15(16(21)19-2)18(12-20)9-5-6-10-18/h3-4,7-8,15H,5-6,9-12H2,1-2H3,(H,19,21). The molecule has 0 bridgehead atoms. The van der Waals surface area contributed by atoms with Crippen LogP contribution in [0.15, 0.2) is 24.3 Å². The minimum atomic E-state index is -0.0621. The number of carbonyl (C=O) groups is 2. The van der Waals surface area contributed by atoms with E-state index in [0.29, 0.717) is 6.54 Å². The normalized spacial score (nSPS) is 23.0. The van der Waals surface area contributed by atoms with Crippen LogP contribution in [0.3, 0.4) is 0 Å². The summed E-state index contributed by atoms with van der Waals surface area (Å²) in [6, 6.07) is 7.69. The molecule has 1 aliphatic heterocycles. The maximum Gasteiger partial charge on any atom is 0.254 e. The van der Waals surface area contributed by atoms with Gasteiger partial charge in [-0.15, -0.1) is 0 Å². The van der Waals surface area contributed by atoms with E-state index in [1.54, 1.807) is 7.05 Å². The molecular weight excluding hydrogens is 276 g/mol. The van der Waals surface area contributed by atoms with E-state index < -0.39 is 0 Å². The summed E-state index contributed by atoms with van der Waals surface area (Å²) in [5, 5.41) is 2.79. The number of carbonyl (C=O) groups excluding carboxylic acids is 2. The molecule has 1 aromatic rings. The summed E-state index contributed by atoms with van der Waals surface area (Å²) in [6.07, 6.45) is 4.45. The van der Waals surface area contributed by atoms with E-state index in [2.05, 4.69) is 5.32 Å². The van der Waals surface area contributed by atoms with E-state index >= 15 is 0 Å². The van der Waals surface area contributed by atoms with Crippen molar-refractivity contribution in [1.82, 2.24) is 10.2 Å². The molecule has 2 amide bonds. The zero-order chi connectivity index (χ0) is 15.7. The monoisotopic (exact) mass is 300 g/mol. The van der Waals surface area contributed by atoms with Crippen LogP contribution in [0, 0.1) is 18.3 Å². The van der Waals surface area contributed by atoms with Crippen LogP contribution in [-0.2, 0) is 4.79 Å². The van der Waals surface area contributed by atoms with Crippen molar-refractivity contribution in [1.29, 1.82) is 0 Å². The molecule has 0 radical (unpaired) electrons. The second-order valence-electron chi connectivity index (χ2n) is 6.74. The van der Waals surface area contributed by atoms with Crippen LogP contribution in [0.5, 0.6) is 0 Å². The average molecular weight is 300 g/mol. The maximum absolute atomic E-state index is 12.9. The molecule has 1 heterocycles. The van der Waals surface area contributed by atoms with Crippen LogP contribution in [0.25, 0.3) is 0 Å². The third-order valence-corrected chi connectivity index (χ3v) is 5.47. The molecule has 1 aromatic carbocycles. The number of rotatable bonds is 2. The number of nitrogens with one attached hydrogen (secondary N) is 1. The Kier molecular flexibility index (Phi) is 3.94. The Balaban J connectivity index is 1.86. The Morgan fingerprint density at radius 1 is 1.23 bits per heavy atom. The first-order valence-corrected chi connectivity index (χ1v) is 8.14. The Labute approximate surface area is 131 Å². The summed E-state index contributed by atoms with van der Waals surface area (Å²) in [4.78, 5) is 27.1. The van der Waals surface area contributed by atoms with Gasteiger partial charge in [0.05, 0.1) is 5.92 Å². The van der Waals surface area contributed by atoms with E-state index in [0.717, 1.165) is 30.5 Å². The average Bonchev–Trinajstić information content (AvgIpc) is 3.14. The summed E-state index contributed by atoms with van der Waals surface area (Å²) in [5.74, 6) is 0.0886. The summed E-state index contributed by atoms with van der Waals surface area (Å²) in [7, 11) is 1.69. The van der Waals surface area contributed by atoms with Gasteiger partial charge in [-0.3, -0.25) is 9.59 Å². The molecule has 1 saturated carbocycles. The molecule has 1 saturated heterocycles. The van der Waals surface area contributed by atoms with Crippen molar-refractivity contribution >= 4 is 11.8 Å². The highest BCUT2D eigenvalue weighted by atomic mass is 16.2. The second kappa shape index (κ2) is 5.75. The zero-order valence-electron chi connectivity index (χ0n) is 13.4. The third kappa shape index (κ3) is 2.40. The summed E-state index contributed by atoms with van der Waals surface area (Å²) in [6.45, 7) is 3.23. The van der Waals surface area contributed by atoms with E-state index in [1.165, 1.54) is 12.8 Å². The molecule has 22 heavy (non-hydrogen) atoms. The predicted molar refractivity (Wildman–Crippen MR) is 85.5 cm³/mol. The van der Waals surface area contributed by atoms with Gasteiger partial charge in [0.25, 0.3) is 5.91 Å². The first-order chi connectivity index (χ1) is 10.6. The van der Waals surface area contributed by atoms with Crippen molar-refractivity contribution in [2.45, 2.75) is 32.6 Å². The molecule has 3 rings (SSSR count). The quantitative estimate of drug-likeness (QED) is 0.911. The number of amides is 2. The van der Waals surface area contributed by atoms with Crippen molar-refractivity contribution in [3.8, 4) is 0 Å². The molecule has 1 unspecified atom stereocenters. The molecule has 2 fully saturated rings.